The van der Waals surface area contributed by atoms with Gasteiger partial charge in [-0.25, -0.2) is 0 Å². The standard InChI is InChI=1S/C15H21N3/c1-5-15(3,4)14-13(18-16)9-11-8-10(2)6-7-12(11)17-14/h6-9,18H,5,16H2,1-4H3. The number of hydrogen-bond donors (Lipinski definition) is 2. The molecular formula is C15H21N3. The average Bonchev–Trinajstić information content (AvgIpc) is 2.36. The fourth-order valence-electron chi connectivity index (χ4n) is 2.09. The van der Waals surface area contributed by atoms with Crippen LogP contribution in [0.5, 0.6) is 0 Å². The molecule has 2 rings (SSSR count). The van der Waals surface area contributed by atoms with Gasteiger partial charge in [-0.2, -0.15) is 0 Å². The summed E-state index contributed by atoms with van der Waals surface area (Å²) in [6.07, 6.45) is 1.02. The molecule has 18 heavy (non-hydrogen) atoms. The molecule has 0 fully saturated rings. The molecule has 0 atom stereocenters. The van der Waals surface area contributed by atoms with Crippen molar-refractivity contribution < 1.29 is 0 Å². The van der Waals surface area contributed by atoms with E-state index >= 15 is 0 Å². The minimum Gasteiger partial charge on any atom is -0.322 e. The third-order valence-corrected chi connectivity index (χ3v) is 3.65. The summed E-state index contributed by atoms with van der Waals surface area (Å²) in [6.45, 7) is 8.63. The first-order chi connectivity index (χ1) is 8.47. The van der Waals surface area contributed by atoms with Crippen molar-refractivity contribution in [2.45, 2.75) is 39.5 Å². The van der Waals surface area contributed by atoms with Crippen molar-refractivity contribution in [3.63, 3.8) is 0 Å². The third-order valence-electron chi connectivity index (χ3n) is 3.65. The summed E-state index contributed by atoms with van der Waals surface area (Å²) in [6, 6.07) is 8.38. The van der Waals surface area contributed by atoms with E-state index < -0.39 is 0 Å². The molecule has 0 aliphatic carbocycles. The van der Waals surface area contributed by atoms with Crippen LogP contribution >= 0.6 is 0 Å². The van der Waals surface area contributed by atoms with Crippen molar-refractivity contribution in [1.82, 2.24) is 4.98 Å². The molecule has 0 radical (unpaired) electrons. The predicted octanol–water partition coefficient (Wildman–Crippen LogP) is 3.52. The Bertz CT molecular complexity index is 573. The van der Waals surface area contributed by atoms with Gasteiger partial charge < -0.3 is 5.43 Å². The molecule has 96 valence electrons. The molecule has 0 bridgehead atoms. The van der Waals surface area contributed by atoms with Gasteiger partial charge in [-0.15, -0.1) is 0 Å². The van der Waals surface area contributed by atoms with Crippen LogP contribution in [0.4, 0.5) is 5.69 Å². The number of fused-ring (bicyclic) bond motifs is 1. The van der Waals surface area contributed by atoms with Gasteiger partial charge in [-0.3, -0.25) is 10.8 Å². The van der Waals surface area contributed by atoms with E-state index in [1.54, 1.807) is 0 Å². The van der Waals surface area contributed by atoms with Crippen LogP contribution in [-0.2, 0) is 5.41 Å². The Balaban J connectivity index is 2.70. The van der Waals surface area contributed by atoms with E-state index in [1.807, 2.05) is 0 Å². The van der Waals surface area contributed by atoms with E-state index in [2.05, 4.69) is 57.4 Å². The largest absolute Gasteiger partial charge is 0.322 e. The number of hydrogen-bond acceptors (Lipinski definition) is 3. The van der Waals surface area contributed by atoms with Crippen molar-refractivity contribution in [2.75, 3.05) is 5.43 Å². The highest BCUT2D eigenvalue weighted by atomic mass is 15.2. The first kappa shape index (κ1) is 12.8. The lowest BCUT2D eigenvalue weighted by molar-refractivity contribution is 0.494. The Labute approximate surface area is 108 Å². The van der Waals surface area contributed by atoms with Crippen LogP contribution in [0.3, 0.4) is 0 Å². The minimum absolute atomic E-state index is 0.0147. The first-order valence-corrected chi connectivity index (χ1v) is 6.36. The number of nitrogens with one attached hydrogen (secondary N) is 1. The van der Waals surface area contributed by atoms with Crippen LogP contribution < -0.4 is 11.3 Å². The van der Waals surface area contributed by atoms with Crippen LogP contribution in [0.15, 0.2) is 24.3 Å². The molecule has 3 nitrogen and oxygen atoms in total. The molecule has 0 amide bonds. The van der Waals surface area contributed by atoms with Gasteiger partial charge in [0.15, 0.2) is 0 Å². The molecule has 0 unspecified atom stereocenters. The molecule has 2 aromatic rings. The summed E-state index contributed by atoms with van der Waals surface area (Å²) in [4.78, 5) is 4.79. The maximum absolute atomic E-state index is 5.64. The average molecular weight is 243 g/mol. The second-order valence-electron chi connectivity index (χ2n) is 5.46. The number of anilines is 1. The summed E-state index contributed by atoms with van der Waals surface area (Å²) in [7, 11) is 0. The van der Waals surface area contributed by atoms with E-state index in [1.165, 1.54) is 5.56 Å². The minimum atomic E-state index is 0.0147. The third kappa shape index (κ3) is 2.18. The van der Waals surface area contributed by atoms with E-state index in [0.717, 1.165) is 28.7 Å². The molecule has 3 heteroatoms. The summed E-state index contributed by atoms with van der Waals surface area (Å²) >= 11 is 0. The van der Waals surface area contributed by atoms with Crippen LogP contribution in [0.2, 0.25) is 0 Å². The lowest BCUT2D eigenvalue weighted by atomic mass is 9.84. The molecule has 0 aliphatic heterocycles. The van der Waals surface area contributed by atoms with Gasteiger partial charge in [-0.1, -0.05) is 32.4 Å². The lowest BCUT2D eigenvalue weighted by Gasteiger charge is -2.25. The zero-order chi connectivity index (χ0) is 13.3. The highest BCUT2D eigenvalue weighted by Gasteiger charge is 2.23. The fraction of sp³-hybridized carbons (Fsp3) is 0.400. The number of aromatic nitrogens is 1. The summed E-state index contributed by atoms with van der Waals surface area (Å²) in [5.41, 5.74) is 7.00. The fourth-order valence-corrected chi connectivity index (χ4v) is 2.09. The number of nitrogens with zero attached hydrogens (tertiary/aromatic N) is 1. The van der Waals surface area contributed by atoms with E-state index in [4.69, 9.17) is 10.8 Å². The summed E-state index contributed by atoms with van der Waals surface area (Å²) in [5.74, 6) is 5.64. The van der Waals surface area contributed by atoms with Crippen molar-refractivity contribution in [1.29, 1.82) is 0 Å². The van der Waals surface area contributed by atoms with Crippen LogP contribution in [0.25, 0.3) is 10.9 Å². The number of hydrazine groups is 1. The van der Waals surface area contributed by atoms with Gasteiger partial charge in [0.05, 0.1) is 16.9 Å². The summed E-state index contributed by atoms with van der Waals surface area (Å²) in [5, 5.41) is 1.12. The molecule has 3 N–H and O–H groups in total. The van der Waals surface area contributed by atoms with Crippen molar-refractivity contribution in [3.8, 4) is 0 Å². The number of rotatable bonds is 3. The summed E-state index contributed by atoms with van der Waals surface area (Å²) < 4.78 is 0. The monoisotopic (exact) mass is 243 g/mol. The Morgan fingerprint density at radius 2 is 2.00 bits per heavy atom. The maximum atomic E-state index is 5.64. The Morgan fingerprint density at radius 1 is 1.28 bits per heavy atom. The van der Waals surface area contributed by atoms with Crippen molar-refractivity contribution in [2.24, 2.45) is 5.84 Å². The Morgan fingerprint density at radius 3 is 2.61 bits per heavy atom. The van der Waals surface area contributed by atoms with Crippen molar-refractivity contribution in [3.05, 3.63) is 35.5 Å². The number of aryl methyl sites for hydroxylation is 1. The van der Waals surface area contributed by atoms with Crippen LogP contribution in [0, 0.1) is 6.92 Å². The highest BCUT2D eigenvalue weighted by Crippen LogP contribution is 2.33. The maximum Gasteiger partial charge on any atom is 0.0713 e. The molecule has 0 spiro atoms. The van der Waals surface area contributed by atoms with E-state index in [-0.39, 0.29) is 5.41 Å². The molecule has 1 aromatic heterocycles. The van der Waals surface area contributed by atoms with Gasteiger partial charge >= 0.3 is 0 Å². The smallest absolute Gasteiger partial charge is 0.0713 e. The zero-order valence-corrected chi connectivity index (χ0v) is 11.5. The zero-order valence-electron chi connectivity index (χ0n) is 11.5. The van der Waals surface area contributed by atoms with Crippen LogP contribution in [0.1, 0.15) is 38.4 Å². The second-order valence-corrected chi connectivity index (χ2v) is 5.46. The topological polar surface area (TPSA) is 50.9 Å². The van der Waals surface area contributed by atoms with Crippen molar-refractivity contribution >= 4 is 16.6 Å². The molecule has 1 aromatic carbocycles. The second kappa shape index (κ2) is 4.58. The Hall–Kier alpha value is -1.61. The predicted molar refractivity (Wildman–Crippen MR) is 77.6 cm³/mol. The van der Waals surface area contributed by atoms with Crippen LogP contribution in [-0.4, -0.2) is 4.98 Å². The van der Waals surface area contributed by atoms with E-state index in [0.29, 0.717) is 0 Å². The van der Waals surface area contributed by atoms with Gasteiger partial charge in [0.25, 0.3) is 0 Å². The number of nitrogen functional groups attached to an aromatic ring is 1. The lowest BCUT2D eigenvalue weighted by Crippen LogP contribution is -2.22. The molecule has 0 saturated heterocycles. The number of nitrogens with two attached hydrogens (primary N) is 1. The van der Waals surface area contributed by atoms with E-state index in [9.17, 15) is 0 Å². The van der Waals surface area contributed by atoms with Gasteiger partial charge in [0.1, 0.15) is 0 Å². The van der Waals surface area contributed by atoms with Gasteiger partial charge in [0.2, 0.25) is 0 Å². The number of benzene rings is 1. The quantitative estimate of drug-likeness (QED) is 0.640. The SMILES string of the molecule is CCC(C)(C)c1nc2ccc(C)cc2cc1NN. The molecule has 1 heterocycles. The highest BCUT2D eigenvalue weighted by molar-refractivity contribution is 5.83. The van der Waals surface area contributed by atoms with Gasteiger partial charge in [-0.05, 0) is 31.5 Å². The first-order valence-electron chi connectivity index (χ1n) is 6.36. The number of pyridine rings is 1. The molecule has 0 aliphatic rings. The molecule has 0 saturated carbocycles. The molecular weight excluding hydrogens is 222 g/mol. The normalized spacial score (nSPS) is 11.8. The van der Waals surface area contributed by atoms with Gasteiger partial charge in [0, 0.05) is 10.8 Å². The Kier molecular flexibility index (Phi) is 3.26.